The molecule has 0 aliphatic rings. The Kier molecular flexibility index (Phi) is 3.98. The summed E-state index contributed by atoms with van der Waals surface area (Å²) >= 11 is 0. The molecule has 0 amide bonds. The van der Waals surface area contributed by atoms with Crippen LogP contribution in [0.5, 0.6) is 0 Å². The van der Waals surface area contributed by atoms with Gasteiger partial charge in [0.2, 0.25) is 0 Å². The Bertz CT molecular complexity index is 413. The van der Waals surface area contributed by atoms with Crippen LogP contribution in [0.3, 0.4) is 0 Å². The topological polar surface area (TPSA) is 0 Å². The number of rotatable bonds is 1. The summed E-state index contributed by atoms with van der Waals surface area (Å²) in [5.74, 6) is 0. The van der Waals surface area contributed by atoms with Crippen molar-refractivity contribution in [3.8, 4) is 0 Å². The van der Waals surface area contributed by atoms with Gasteiger partial charge in [0.05, 0.1) is 0 Å². The van der Waals surface area contributed by atoms with Gasteiger partial charge in [-0.3, -0.25) is 0 Å². The van der Waals surface area contributed by atoms with Crippen LogP contribution in [-0.2, 0) is 0 Å². The third-order valence-corrected chi connectivity index (χ3v) is 2.04. The van der Waals surface area contributed by atoms with E-state index in [1.165, 1.54) is 16.3 Å². The van der Waals surface area contributed by atoms with E-state index in [4.69, 9.17) is 0 Å². The first-order chi connectivity index (χ1) is 5.92. The van der Waals surface area contributed by atoms with Gasteiger partial charge in [0.25, 0.3) is 0 Å². The van der Waals surface area contributed by atoms with Crippen molar-refractivity contribution in [2.75, 3.05) is 0 Å². The summed E-state index contributed by atoms with van der Waals surface area (Å²) < 4.78 is 0. The molecule has 0 atom stereocenters. The minimum atomic E-state index is 0. The Morgan fingerprint density at radius 2 is 1.62 bits per heavy atom. The molecule has 0 bridgehead atoms. The quantitative estimate of drug-likeness (QED) is 0.615. The van der Waals surface area contributed by atoms with Gasteiger partial charge in [-0.1, -0.05) is 55.1 Å². The van der Waals surface area contributed by atoms with E-state index in [-0.39, 0.29) is 37.7 Å². The van der Waals surface area contributed by atoms with E-state index in [1.807, 2.05) is 6.08 Å². The molecule has 0 aromatic heterocycles. The molecule has 2 rings (SSSR count). The maximum absolute atomic E-state index is 3.78. The number of benzene rings is 2. The molecule has 13 heavy (non-hydrogen) atoms. The summed E-state index contributed by atoms with van der Waals surface area (Å²) in [6, 6.07) is 14.6. The molecule has 0 aliphatic carbocycles. The van der Waals surface area contributed by atoms with Crippen LogP contribution in [0.25, 0.3) is 16.8 Å². The SMILES string of the molecule is C=Cc1cccc2ccccc12.[CaH2]. The summed E-state index contributed by atoms with van der Waals surface area (Å²) in [5, 5.41) is 2.55. The second-order valence-electron chi connectivity index (χ2n) is 2.77. The summed E-state index contributed by atoms with van der Waals surface area (Å²) in [4.78, 5) is 0. The van der Waals surface area contributed by atoms with Crippen molar-refractivity contribution in [1.29, 1.82) is 0 Å². The van der Waals surface area contributed by atoms with Crippen molar-refractivity contribution in [2.24, 2.45) is 0 Å². The summed E-state index contributed by atoms with van der Waals surface area (Å²) in [6.07, 6.45) is 1.89. The van der Waals surface area contributed by atoms with Crippen molar-refractivity contribution in [3.63, 3.8) is 0 Å². The normalized spacial score (nSPS) is 9.23. The Balaban J connectivity index is 0.000000845. The van der Waals surface area contributed by atoms with Crippen LogP contribution < -0.4 is 0 Å². The van der Waals surface area contributed by atoms with Crippen LogP contribution in [0.2, 0.25) is 0 Å². The van der Waals surface area contributed by atoms with Crippen molar-refractivity contribution < 1.29 is 0 Å². The Morgan fingerprint density at radius 1 is 0.923 bits per heavy atom. The van der Waals surface area contributed by atoms with Gasteiger partial charge in [-0.2, -0.15) is 0 Å². The van der Waals surface area contributed by atoms with Crippen molar-refractivity contribution in [3.05, 3.63) is 54.6 Å². The van der Waals surface area contributed by atoms with Crippen LogP contribution in [0.15, 0.2) is 49.0 Å². The fourth-order valence-electron chi connectivity index (χ4n) is 1.43. The van der Waals surface area contributed by atoms with Gasteiger partial charge in [0, 0.05) is 0 Å². The third-order valence-electron chi connectivity index (χ3n) is 2.04. The number of fused-ring (bicyclic) bond motifs is 1. The minimum absolute atomic E-state index is 0. The average molecular weight is 196 g/mol. The van der Waals surface area contributed by atoms with E-state index in [0.717, 1.165) is 0 Å². The molecule has 0 saturated carbocycles. The molecular formula is C12H12Ca. The van der Waals surface area contributed by atoms with E-state index in [9.17, 15) is 0 Å². The van der Waals surface area contributed by atoms with E-state index in [2.05, 4.69) is 49.0 Å². The monoisotopic (exact) mass is 196 g/mol. The van der Waals surface area contributed by atoms with E-state index >= 15 is 0 Å². The maximum atomic E-state index is 3.78. The zero-order valence-corrected chi connectivity index (χ0v) is 6.83. The van der Waals surface area contributed by atoms with Gasteiger partial charge in [-0.15, -0.1) is 0 Å². The zero-order valence-electron chi connectivity index (χ0n) is 6.83. The van der Waals surface area contributed by atoms with Gasteiger partial charge in [0.1, 0.15) is 0 Å². The summed E-state index contributed by atoms with van der Waals surface area (Å²) in [7, 11) is 0. The standard InChI is InChI=1S/C12H10.Ca.2H/c1-2-10-7-5-8-11-6-3-4-9-12(10)11;;;/h2-9H,1H2;;;. The Labute approximate surface area is 108 Å². The summed E-state index contributed by atoms with van der Waals surface area (Å²) in [6.45, 7) is 3.78. The number of hydrogen-bond acceptors (Lipinski definition) is 0. The number of hydrogen-bond donors (Lipinski definition) is 0. The molecule has 0 radical (unpaired) electrons. The molecule has 1 heteroatoms. The van der Waals surface area contributed by atoms with Gasteiger partial charge in [-0.25, -0.2) is 0 Å². The van der Waals surface area contributed by atoms with E-state index in [0.29, 0.717) is 0 Å². The first-order valence-corrected chi connectivity index (χ1v) is 4.02. The van der Waals surface area contributed by atoms with Crippen molar-refractivity contribution in [2.45, 2.75) is 0 Å². The van der Waals surface area contributed by atoms with Crippen LogP contribution in [0.4, 0.5) is 0 Å². The first kappa shape index (κ1) is 10.8. The fourth-order valence-corrected chi connectivity index (χ4v) is 1.43. The molecule has 0 unspecified atom stereocenters. The molecule has 2 aromatic carbocycles. The third kappa shape index (κ3) is 2.14. The van der Waals surface area contributed by atoms with Gasteiger partial charge >= 0.3 is 37.7 Å². The van der Waals surface area contributed by atoms with Crippen molar-refractivity contribution >= 4 is 54.6 Å². The molecule has 0 saturated heterocycles. The molecule has 0 aliphatic heterocycles. The van der Waals surface area contributed by atoms with Crippen LogP contribution in [-0.4, -0.2) is 37.7 Å². The molecule has 0 nitrogen and oxygen atoms in total. The van der Waals surface area contributed by atoms with Crippen LogP contribution >= 0.6 is 0 Å². The fraction of sp³-hybridized carbons (Fsp3) is 0. The molecule has 2 aromatic rings. The Hall–Kier alpha value is -0.300. The summed E-state index contributed by atoms with van der Waals surface area (Å²) in [5.41, 5.74) is 1.20. The van der Waals surface area contributed by atoms with Crippen LogP contribution in [0, 0.1) is 0 Å². The average Bonchev–Trinajstić information content (AvgIpc) is 2.17. The molecular weight excluding hydrogens is 184 g/mol. The zero-order chi connectivity index (χ0) is 8.39. The van der Waals surface area contributed by atoms with Gasteiger partial charge in [-0.05, 0) is 16.3 Å². The second kappa shape index (κ2) is 4.80. The molecule has 0 N–H and O–H groups in total. The van der Waals surface area contributed by atoms with E-state index in [1.54, 1.807) is 0 Å². The molecule has 62 valence electrons. The van der Waals surface area contributed by atoms with Gasteiger partial charge in [0.15, 0.2) is 0 Å². The van der Waals surface area contributed by atoms with Gasteiger partial charge < -0.3 is 0 Å². The predicted octanol–water partition coefficient (Wildman–Crippen LogP) is 2.57. The second-order valence-corrected chi connectivity index (χ2v) is 2.77. The molecule has 0 fully saturated rings. The molecule has 0 heterocycles. The van der Waals surface area contributed by atoms with Crippen LogP contribution in [0.1, 0.15) is 5.56 Å². The Morgan fingerprint density at radius 3 is 2.38 bits per heavy atom. The van der Waals surface area contributed by atoms with Crippen molar-refractivity contribution in [1.82, 2.24) is 0 Å². The first-order valence-electron chi connectivity index (χ1n) is 4.02. The van der Waals surface area contributed by atoms with E-state index < -0.39 is 0 Å². The molecule has 0 spiro atoms. The predicted molar refractivity (Wildman–Crippen MR) is 62.6 cm³/mol.